The summed E-state index contributed by atoms with van der Waals surface area (Å²) < 4.78 is 0. The monoisotopic (exact) mass is 379 g/mol. The van der Waals surface area contributed by atoms with Crippen LogP contribution >= 0.6 is 0 Å². The molecule has 5 nitrogen and oxygen atoms in total. The van der Waals surface area contributed by atoms with E-state index in [0.29, 0.717) is 30.0 Å². The van der Waals surface area contributed by atoms with E-state index < -0.39 is 0 Å². The van der Waals surface area contributed by atoms with Crippen molar-refractivity contribution in [2.45, 2.75) is 53.4 Å². The van der Waals surface area contributed by atoms with Crippen LogP contribution in [0.5, 0.6) is 0 Å². The zero-order valence-corrected chi connectivity index (χ0v) is 17.3. The third-order valence-corrected chi connectivity index (χ3v) is 5.75. The molecule has 28 heavy (non-hydrogen) atoms. The second kappa shape index (κ2) is 7.84. The van der Waals surface area contributed by atoms with Crippen LogP contribution in [0.25, 0.3) is 5.70 Å². The fourth-order valence-electron chi connectivity index (χ4n) is 4.20. The van der Waals surface area contributed by atoms with Crippen LogP contribution in [0.2, 0.25) is 0 Å². The van der Waals surface area contributed by atoms with Gasteiger partial charge in [0.25, 0.3) is 5.90 Å². The van der Waals surface area contributed by atoms with E-state index in [1.54, 1.807) is 0 Å². The van der Waals surface area contributed by atoms with E-state index in [1.807, 2.05) is 26.0 Å². The average molecular weight is 380 g/mol. The summed E-state index contributed by atoms with van der Waals surface area (Å²) in [6.07, 6.45) is 4.46. The van der Waals surface area contributed by atoms with Crippen molar-refractivity contribution in [2.24, 2.45) is 21.3 Å². The van der Waals surface area contributed by atoms with Gasteiger partial charge in [0.2, 0.25) is 0 Å². The first-order chi connectivity index (χ1) is 13.3. The first kappa shape index (κ1) is 20.2. The van der Waals surface area contributed by atoms with Gasteiger partial charge in [-0.05, 0) is 78.5 Å². The Morgan fingerprint density at radius 2 is 2.04 bits per heavy atom. The van der Waals surface area contributed by atoms with Gasteiger partial charge >= 0.3 is 0 Å². The molecule has 1 aromatic rings. The molecule has 0 saturated carbocycles. The number of aryl methyl sites for hydroxylation is 2. The lowest BCUT2D eigenvalue weighted by molar-refractivity contribution is -0.107. The van der Waals surface area contributed by atoms with Crippen molar-refractivity contribution in [1.82, 2.24) is 0 Å². The lowest BCUT2D eigenvalue weighted by Gasteiger charge is -2.30. The molecule has 148 valence electrons. The van der Waals surface area contributed by atoms with E-state index in [-0.39, 0.29) is 0 Å². The van der Waals surface area contributed by atoms with Crippen molar-refractivity contribution in [2.75, 3.05) is 6.54 Å². The average Bonchev–Trinajstić information content (AvgIpc) is 3.03. The van der Waals surface area contributed by atoms with Gasteiger partial charge in [-0.3, -0.25) is 4.99 Å². The lowest BCUT2D eigenvalue weighted by Crippen LogP contribution is -2.25. The van der Waals surface area contributed by atoms with E-state index in [4.69, 9.17) is 10.7 Å². The minimum absolute atomic E-state index is 0.312. The second-order valence-electron chi connectivity index (χ2n) is 8.53. The highest BCUT2D eigenvalue weighted by Gasteiger charge is 2.33. The Kier molecular flexibility index (Phi) is 5.66. The Hall–Kier alpha value is -2.53. The predicted octanol–water partition coefficient (Wildman–Crippen LogP) is 4.27. The van der Waals surface area contributed by atoms with Crippen molar-refractivity contribution < 1.29 is 9.63 Å². The van der Waals surface area contributed by atoms with E-state index in [9.17, 15) is 4.79 Å². The standard InChI is InChI=1S/C23H29N3O2/c1-14-10-17(11-15(2)19(14)7-9-27)16(3)26-22(28-24)21-20-6-8-23(4,5)12-18(20)13-25-21/h9-11H,3,6-8,12-13,24H2,1-2,4-5H3. The van der Waals surface area contributed by atoms with Gasteiger partial charge in [-0.2, -0.15) is 5.90 Å². The third-order valence-electron chi connectivity index (χ3n) is 5.75. The topological polar surface area (TPSA) is 77.0 Å². The molecule has 5 heteroatoms. The first-order valence-electron chi connectivity index (χ1n) is 9.70. The molecule has 1 heterocycles. The number of nitrogens with two attached hydrogens (primary N) is 1. The zero-order valence-electron chi connectivity index (χ0n) is 17.3. The maximum atomic E-state index is 10.9. The molecule has 3 rings (SSSR count). The van der Waals surface area contributed by atoms with E-state index >= 15 is 0 Å². The van der Waals surface area contributed by atoms with Gasteiger partial charge in [-0.15, -0.1) is 0 Å². The Balaban J connectivity index is 1.89. The molecule has 1 aliphatic heterocycles. The van der Waals surface area contributed by atoms with E-state index in [0.717, 1.165) is 53.5 Å². The number of aldehydes is 1. The first-order valence-corrected chi connectivity index (χ1v) is 9.70. The maximum absolute atomic E-state index is 10.9. The van der Waals surface area contributed by atoms with Gasteiger partial charge in [0, 0.05) is 12.0 Å². The molecule has 0 amide bonds. The zero-order chi connectivity index (χ0) is 20.5. The predicted molar refractivity (Wildman–Crippen MR) is 114 cm³/mol. The molecule has 0 spiro atoms. The fraction of sp³-hybridized carbons (Fsp3) is 0.435. The van der Waals surface area contributed by atoms with Gasteiger partial charge in [-0.1, -0.05) is 20.4 Å². The van der Waals surface area contributed by atoms with Crippen LogP contribution in [0.3, 0.4) is 0 Å². The number of nitrogens with zero attached hydrogens (tertiary/aromatic N) is 2. The molecule has 0 fully saturated rings. The van der Waals surface area contributed by atoms with E-state index in [1.165, 1.54) is 11.1 Å². The van der Waals surface area contributed by atoms with Gasteiger partial charge < -0.3 is 9.63 Å². The summed E-state index contributed by atoms with van der Waals surface area (Å²) >= 11 is 0. The summed E-state index contributed by atoms with van der Waals surface area (Å²) in [6.45, 7) is 13.4. The lowest BCUT2D eigenvalue weighted by atomic mass is 9.74. The normalized spacial score (nSPS) is 18.6. The van der Waals surface area contributed by atoms with E-state index in [2.05, 4.69) is 30.4 Å². The Morgan fingerprint density at radius 1 is 1.36 bits per heavy atom. The number of aliphatic imine (C=N–C) groups is 2. The van der Waals surface area contributed by atoms with Gasteiger partial charge in [0.05, 0.1) is 12.2 Å². The number of rotatable bonds is 5. The number of hydrogen-bond acceptors (Lipinski definition) is 5. The van der Waals surface area contributed by atoms with Gasteiger partial charge in [0.1, 0.15) is 12.0 Å². The molecule has 0 atom stereocenters. The fourth-order valence-corrected chi connectivity index (χ4v) is 4.20. The molecule has 1 aromatic carbocycles. The minimum atomic E-state index is 0.312. The third kappa shape index (κ3) is 3.99. The van der Waals surface area contributed by atoms with Gasteiger partial charge in [0.15, 0.2) is 0 Å². The van der Waals surface area contributed by atoms with Crippen LogP contribution < -0.4 is 5.90 Å². The van der Waals surface area contributed by atoms with Crippen molar-refractivity contribution in [1.29, 1.82) is 0 Å². The molecule has 0 bridgehead atoms. The number of hydrogen-bond donors (Lipinski definition) is 1. The van der Waals surface area contributed by atoms with Crippen molar-refractivity contribution in [3.8, 4) is 0 Å². The number of carbonyl (C=O) groups is 1. The highest BCUT2D eigenvalue weighted by Crippen LogP contribution is 2.41. The van der Waals surface area contributed by atoms with Crippen molar-refractivity contribution in [3.05, 3.63) is 52.1 Å². The molecule has 2 aliphatic rings. The largest absolute Gasteiger partial charge is 0.389 e. The quantitative estimate of drug-likeness (QED) is 0.359. The Morgan fingerprint density at radius 3 is 2.64 bits per heavy atom. The summed E-state index contributed by atoms with van der Waals surface area (Å²) in [4.78, 5) is 25.3. The van der Waals surface area contributed by atoms with Crippen LogP contribution in [0, 0.1) is 19.3 Å². The highest BCUT2D eigenvalue weighted by molar-refractivity contribution is 6.46. The van der Waals surface area contributed by atoms with Crippen LogP contribution in [-0.4, -0.2) is 24.4 Å². The molecular weight excluding hydrogens is 350 g/mol. The summed E-state index contributed by atoms with van der Waals surface area (Å²) in [6, 6.07) is 3.99. The smallest absolute Gasteiger partial charge is 0.263 e. The number of carbonyl (C=O) groups excluding carboxylic acids is 1. The second-order valence-corrected chi connectivity index (χ2v) is 8.53. The summed E-state index contributed by atoms with van der Waals surface area (Å²) in [5.41, 5.74) is 8.26. The SMILES string of the molecule is C=C(N=C(ON)C1=NCC2=C1CCC(C)(C)C2)c1cc(C)c(CC=O)c(C)c1. The van der Waals surface area contributed by atoms with Crippen LogP contribution in [-0.2, 0) is 16.1 Å². The number of benzene rings is 1. The van der Waals surface area contributed by atoms with Crippen molar-refractivity contribution in [3.63, 3.8) is 0 Å². The van der Waals surface area contributed by atoms with Crippen LogP contribution in [0.15, 0.2) is 39.8 Å². The molecular formula is C23H29N3O2. The van der Waals surface area contributed by atoms with Crippen LogP contribution in [0.1, 0.15) is 55.4 Å². The molecule has 0 unspecified atom stereocenters. The Bertz CT molecular complexity index is 897. The molecule has 1 aliphatic carbocycles. The minimum Gasteiger partial charge on any atom is -0.389 e. The molecule has 0 saturated heterocycles. The van der Waals surface area contributed by atoms with Gasteiger partial charge in [-0.25, -0.2) is 4.99 Å². The summed E-state index contributed by atoms with van der Waals surface area (Å²) in [5.74, 6) is 5.88. The van der Waals surface area contributed by atoms with Crippen LogP contribution in [0.4, 0.5) is 0 Å². The summed E-state index contributed by atoms with van der Waals surface area (Å²) in [7, 11) is 0. The molecule has 0 radical (unpaired) electrons. The Labute approximate surface area is 167 Å². The molecule has 0 aromatic heterocycles. The maximum Gasteiger partial charge on any atom is 0.263 e. The highest BCUT2D eigenvalue weighted by atomic mass is 16.6. The molecule has 2 N–H and O–H groups in total. The van der Waals surface area contributed by atoms with Crippen molar-refractivity contribution >= 4 is 23.6 Å². The summed E-state index contributed by atoms with van der Waals surface area (Å²) in [5, 5.41) is 0.